The van der Waals surface area contributed by atoms with Gasteiger partial charge < -0.3 is 24.2 Å². The summed E-state index contributed by atoms with van der Waals surface area (Å²) in [4.78, 5) is 13.9. The Morgan fingerprint density at radius 3 is 2.29 bits per heavy atom. The van der Waals surface area contributed by atoms with Crippen molar-refractivity contribution < 1.29 is 24.1 Å². The smallest absolute Gasteiger partial charge is 0.409 e. The van der Waals surface area contributed by atoms with E-state index in [0.717, 1.165) is 16.7 Å². The van der Waals surface area contributed by atoms with Gasteiger partial charge in [-0.15, -0.1) is 0 Å². The second-order valence-corrected chi connectivity index (χ2v) is 8.99. The minimum Gasteiger partial charge on any atom is -0.493 e. The average molecular weight is 462 g/mol. The van der Waals surface area contributed by atoms with Gasteiger partial charge in [0.05, 0.1) is 20.3 Å². The number of nitrogens with zero attached hydrogens (tertiary/aromatic N) is 1. The van der Waals surface area contributed by atoms with Crippen LogP contribution in [-0.4, -0.2) is 49.5 Å². The number of likely N-dealkylation sites (tertiary alicyclic amines) is 1. The zero-order valence-corrected chi connectivity index (χ0v) is 20.0. The van der Waals surface area contributed by atoms with Crippen molar-refractivity contribution in [3.8, 4) is 28.4 Å². The largest absolute Gasteiger partial charge is 0.493 e. The maximum Gasteiger partial charge on any atom is 0.409 e. The lowest BCUT2D eigenvalue weighted by Gasteiger charge is -2.33. The van der Waals surface area contributed by atoms with Gasteiger partial charge in [-0.05, 0) is 47.9 Å². The van der Waals surface area contributed by atoms with Gasteiger partial charge in [-0.3, -0.25) is 0 Å². The summed E-state index contributed by atoms with van der Waals surface area (Å²) in [6.45, 7) is 4.62. The van der Waals surface area contributed by atoms with Gasteiger partial charge in [0.2, 0.25) is 0 Å². The third-order valence-corrected chi connectivity index (χ3v) is 6.90. The van der Waals surface area contributed by atoms with Crippen molar-refractivity contribution in [2.75, 3.05) is 27.3 Å². The van der Waals surface area contributed by atoms with E-state index in [2.05, 4.69) is 12.1 Å². The van der Waals surface area contributed by atoms with Gasteiger partial charge in [0.25, 0.3) is 0 Å². The van der Waals surface area contributed by atoms with Crippen LogP contribution in [0.3, 0.4) is 0 Å². The van der Waals surface area contributed by atoms with E-state index in [1.165, 1.54) is 7.11 Å². The van der Waals surface area contributed by atoms with Gasteiger partial charge in [-0.1, -0.05) is 55.5 Å². The topological polar surface area (TPSA) is 68.2 Å². The summed E-state index contributed by atoms with van der Waals surface area (Å²) >= 11 is 0. The number of hydrogen-bond donors (Lipinski definition) is 1. The molecule has 1 amide bonds. The Labute approximate surface area is 200 Å². The highest BCUT2D eigenvalue weighted by molar-refractivity contribution is 5.68. The predicted molar refractivity (Wildman–Crippen MR) is 131 cm³/mol. The molecule has 34 heavy (non-hydrogen) atoms. The minimum absolute atomic E-state index is 0.0969. The molecule has 3 atom stereocenters. The summed E-state index contributed by atoms with van der Waals surface area (Å²) in [5, 5.41) is 10.6. The standard InChI is InChI=1S/C28H31NO5/c1-19(30)28(2)18-29(27(31)33-4)17-24(28)22-12-15-25(32-3)26(16-22)34-23-13-10-21(11-14-23)20-8-6-5-7-9-20/h5-16,19,24,30H,17-18H2,1-4H3/t19-,24+,28+/m1/s1. The third kappa shape index (κ3) is 4.59. The Balaban J connectivity index is 1.62. The fraction of sp³-hybridized carbons (Fsp3) is 0.321. The molecule has 1 saturated heterocycles. The fourth-order valence-corrected chi connectivity index (χ4v) is 4.66. The molecule has 1 fully saturated rings. The van der Waals surface area contributed by atoms with E-state index in [9.17, 15) is 9.90 Å². The summed E-state index contributed by atoms with van der Waals surface area (Å²) < 4.78 is 16.7. The molecule has 0 saturated carbocycles. The molecule has 0 spiro atoms. The fourth-order valence-electron chi connectivity index (χ4n) is 4.66. The number of rotatable bonds is 6. The molecule has 0 unspecified atom stereocenters. The first kappa shape index (κ1) is 23.6. The van der Waals surface area contributed by atoms with Gasteiger partial charge in [-0.2, -0.15) is 0 Å². The van der Waals surface area contributed by atoms with Crippen molar-refractivity contribution in [1.29, 1.82) is 0 Å². The molecular formula is C28H31NO5. The normalized spacial score (nSPS) is 20.6. The Morgan fingerprint density at radius 2 is 1.68 bits per heavy atom. The number of aliphatic hydroxyl groups is 1. The molecule has 0 aliphatic carbocycles. The molecule has 0 radical (unpaired) electrons. The van der Waals surface area contributed by atoms with Gasteiger partial charge in [-0.25, -0.2) is 4.79 Å². The van der Waals surface area contributed by atoms with E-state index in [-0.39, 0.29) is 5.92 Å². The Hall–Kier alpha value is -3.51. The predicted octanol–water partition coefficient (Wildman–Crippen LogP) is 5.71. The van der Waals surface area contributed by atoms with E-state index in [1.807, 2.05) is 67.6 Å². The number of carbonyl (C=O) groups excluding carboxylic acids is 1. The van der Waals surface area contributed by atoms with Crippen molar-refractivity contribution in [2.45, 2.75) is 25.9 Å². The van der Waals surface area contributed by atoms with E-state index in [4.69, 9.17) is 14.2 Å². The number of amides is 1. The van der Waals surface area contributed by atoms with Crippen molar-refractivity contribution in [3.05, 3.63) is 78.4 Å². The van der Waals surface area contributed by atoms with Gasteiger partial charge >= 0.3 is 6.09 Å². The molecule has 1 aliphatic heterocycles. The average Bonchev–Trinajstić information content (AvgIpc) is 3.23. The summed E-state index contributed by atoms with van der Waals surface area (Å²) in [6.07, 6.45) is -1.01. The summed E-state index contributed by atoms with van der Waals surface area (Å²) in [6, 6.07) is 23.9. The van der Waals surface area contributed by atoms with Crippen LogP contribution in [0, 0.1) is 5.41 Å². The lowest BCUT2D eigenvalue weighted by molar-refractivity contribution is 0.0470. The van der Waals surface area contributed by atoms with Crippen LogP contribution >= 0.6 is 0 Å². The number of benzene rings is 3. The molecule has 1 N–H and O–H groups in total. The molecule has 3 aromatic carbocycles. The lowest BCUT2D eigenvalue weighted by atomic mass is 9.72. The molecule has 0 bridgehead atoms. The maximum atomic E-state index is 12.2. The molecule has 1 aliphatic rings. The maximum absolute atomic E-state index is 12.2. The van der Waals surface area contributed by atoms with E-state index < -0.39 is 17.6 Å². The highest BCUT2D eigenvalue weighted by atomic mass is 16.5. The van der Waals surface area contributed by atoms with Crippen LogP contribution < -0.4 is 9.47 Å². The SMILES string of the molecule is COC(=O)N1C[C@@H](c2ccc(OC)c(Oc3ccc(-c4ccccc4)cc3)c2)[C@](C)([C@@H](C)O)C1. The van der Waals surface area contributed by atoms with Gasteiger partial charge in [0, 0.05) is 24.4 Å². The Kier molecular flexibility index (Phi) is 6.80. The van der Waals surface area contributed by atoms with Crippen LogP contribution in [0.4, 0.5) is 4.79 Å². The van der Waals surface area contributed by atoms with Gasteiger partial charge in [0.1, 0.15) is 5.75 Å². The molecule has 1 heterocycles. The highest BCUT2D eigenvalue weighted by Crippen LogP contribution is 2.47. The van der Waals surface area contributed by atoms with Crippen LogP contribution in [-0.2, 0) is 4.74 Å². The number of methoxy groups -OCH3 is 2. The molecule has 4 rings (SSSR count). The molecule has 6 nitrogen and oxygen atoms in total. The second-order valence-electron chi connectivity index (χ2n) is 8.99. The van der Waals surface area contributed by atoms with Crippen molar-refractivity contribution in [2.24, 2.45) is 5.41 Å². The van der Waals surface area contributed by atoms with Crippen LogP contribution in [0.25, 0.3) is 11.1 Å². The van der Waals surface area contributed by atoms with Crippen molar-refractivity contribution in [1.82, 2.24) is 4.90 Å². The summed E-state index contributed by atoms with van der Waals surface area (Å²) in [5.74, 6) is 1.78. The molecule has 6 heteroatoms. The number of hydrogen-bond acceptors (Lipinski definition) is 5. The van der Waals surface area contributed by atoms with E-state index >= 15 is 0 Å². The molecular weight excluding hydrogens is 430 g/mol. The van der Waals surface area contributed by atoms with Gasteiger partial charge in [0.15, 0.2) is 11.5 Å². The number of aliphatic hydroxyl groups excluding tert-OH is 1. The van der Waals surface area contributed by atoms with Crippen molar-refractivity contribution in [3.63, 3.8) is 0 Å². The molecule has 178 valence electrons. The van der Waals surface area contributed by atoms with Crippen LogP contribution in [0.5, 0.6) is 17.2 Å². The highest BCUT2D eigenvalue weighted by Gasteiger charge is 2.48. The zero-order chi connectivity index (χ0) is 24.3. The summed E-state index contributed by atoms with van der Waals surface area (Å²) in [5.41, 5.74) is 2.68. The van der Waals surface area contributed by atoms with E-state index in [0.29, 0.717) is 30.3 Å². The Morgan fingerprint density at radius 1 is 1.00 bits per heavy atom. The van der Waals surface area contributed by atoms with Crippen LogP contribution in [0.2, 0.25) is 0 Å². The molecule has 3 aromatic rings. The first-order valence-corrected chi connectivity index (χ1v) is 11.4. The first-order chi connectivity index (χ1) is 16.4. The van der Waals surface area contributed by atoms with Crippen LogP contribution in [0.1, 0.15) is 25.3 Å². The monoisotopic (exact) mass is 461 g/mol. The Bertz CT molecular complexity index is 1130. The number of ether oxygens (including phenoxy) is 3. The minimum atomic E-state index is -0.621. The second kappa shape index (κ2) is 9.77. The quantitative estimate of drug-likeness (QED) is 0.509. The number of carbonyl (C=O) groups is 1. The first-order valence-electron chi connectivity index (χ1n) is 11.4. The van der Waals surface area contributed by atoms with Crippen molar-refractivity contribution >= 4 is 6.09 Å². The lowest BCUT2D eigenvalue weighted by Crippen LogP contribution is -2.38. The third-order valence-electron chi connectivity index (χ3n) is 6.90. The van der Waals surface area contributed by atoms with Crippen LogP contribution in [0.15, 0.2) is 72.8 Å². The van der Waals surface area contributed by atoms with E-state index in [1.54, 1.807) is 18.9 Å². The zero-order valence-electron chi connectivity index (χ0n) is 20.0. The summed E-state index contributed by atoms with van der Waals surface area (Å²) in [7, 11) is 2.98. The molecule has 0 aromatic heterocycles.